The van der Waals surface area contributed by atoms with E-state index < -0.39 is 0 Å². The van der Waals surface area contributed by atoms with E-state index in [1.807, 2.05) is 12.1 Å². The zero-order valence-electron chi connectivity index (χ0n) is 9.95. The first-order valence-electron chi connectivity index (χ1n) is 5.66. The van der Waals surface area contributed by atoms with Crippen molar-refractivity contribution in [2.45, 2.75) is 19.7 Å². The Balaban J connectivity index is 2.31. The summed E-state index contributed by atoms with van der Waals surface area (Å²) in [6, 6.07) is 3.80. The summed E-state index contributed by atoms with van der Waals surface area (Å²) in [5.74, 6) is 1.16. The van der Waals surface area contributed by atoms with Crippen molar-refractivity contribution >= 4 is 11.6 Å². The monoisotopic (exact) mass is 242 g/mol. The van der Waals surface area contributed by atoms with Crippen molar-refractivity contribution in [1.82, 2.24) is 9.88 Å². The molecule has 0 aliphatic rings. The van der Waals surface area contributed by atoms with Gasteiger partial charge in [-0.3, -0.25) is 0 Å². The van der Waals surface area contributed by atoms with Crippen molar-refractivity contribution in [2.75, 3.05) is 26.2 Å². The van der Waals surface area contributed by atoms with Gasteiger partial charge >= 0.3 is 0 Å². The maximum atomic E-state index is 5.68. The van der Waals surface area contributed by atoms with Crippen LogP contribution in [0.5, 0.6) is 5.88 Å². The van der Waals surface area contributed by atoms with Gasteiger partial charge < -0.3 is 9.64 Å². The highest BCUT2D eigenvalue weighted by molar-refractivity contribution is 6.17. The smallest absolute Gasteiger partial charge is 0.213 e. The van der Waals surface area contributed by atoms with Gasteiger partial charge in [0.05, 0.1) is 0 Å². The number of likely N-dealkylation sites (N-methyl/N-ethyl adjacent to an activating group) is 1. The van der Waals surface area contributed by atoms with Crippen LogP contribution in [0.3, 0.4) is 0 Å². The Kier molecular flexibility index (Phi) is 6.19. The Labute approximate surface area is 102 Å². The van der Waals surface area contributed by atoms with E-state index >= 15 is 0 Å². The molecule has 0 spiro atoms. The number of alkyl halides is 1. The average molecular weight is 243 g/mol. The van der Waals surface area contributed by atoms with Crippen LogP contribution in [0.1, 0.15) is 19.4 Å². The molecule has 1 rings (SSSR count). The first-order chi connectivity index (χ1) is 7.80. The van der Waals surface area contributed by atoms with Gasteiger partial charge in [0, 0.05) is 24.7 Å². The van der Waals surface area contributed by atoms with Crippen molar-refractivity contribution < 1.29 is 4.74 Å². The molecule has 90 valence electrons. The fraction of sp³-hybridized carbons (Fsp3) is 0.583. The number of ether oxygens (including phenoxy) is 1. The number of hydrogen-bond acceptors (Lipinski definition) is 3. The molecular weight excluding hydrogens is 224 g/mol. The molecule has 0 radical (unpaired) electrons. The van der Waals surface area contributed by atoms with E-state index in [0.29, 0.717) is 18.4 Å². The predicted molar refractivity (Wildman–Crippen MR) is 67.1 cm³/mol. The molecule has 4 heteroatoms. The van der Waals surface area contributed by atoms with Gasteiger partial charge in [0.25, 0.3) is 0 Å². The van der Waals surface area contributed by atoms with Gasteiger partial charge in [-0.25, -0.2) is 4.98 Å². The molecule has 16 heavy (non-hydrogen) atoms. The molecule has 1 aromatic rings. The summed E-state index contributed by atoms with van der Waals surface area (Å²) in [6.45, 7) is 8.02. The third-order valence-electron chi connectivity index (χ3n) is 2.50. The fourth-order valence-electron chi connectivity index (χ4n) is 1.39. The largest absolute Gasteiger partial charge is 0.476 e. The second kappa shape index (κ2) is 7.47. The van der Waals surface area contributed by atoms with E-state index in [1.165, 1.54) is 0 Å². The molecule has 0 aliphatic heterocycles. The van der Waals surface area contributed by atoms with Crippen LogP contribution in [0, 0.1) is 0 Å². The number of nitrogens with zero attached hydrogens (tertiary/aromatic N) is 2. The Morgan fingerprint density at radius 1 is 1.31 bits per heavy atom. The zero-order valence-corrected chi connectivity index (χ0v) is 10.7. The number of hydrogen-bond donors (Lipinski definition) is 0. The van der Waals surface area contributed by atoms with Gasteiger partial charge in [0.1, 0.15) is 6.61 Å². The van der Waals surface area contributed by atoms with Crippen molar-refractivity contribution in [3.63, 3.8) is 0 Å². The molecule has 0 saturated carbocycles. The molecule has 0 unspecified atom stereocenters. The quantitative estimate of drug-likeness (QED) is 0.687. The van der Waals surface area contributed by atoms with Crippen molar-refractivity contribution in [3.8, 4) is 5.88 Å². The summed E-state index contributed by atoms with van der Waals surface area (Å²) in [4.78, 5) is 6.49. The SMILES string of the molecule is CCN(CC)CCOc1ccc(CCl)cn1. The first-order valence-corrected chi connectivity index (χ1v) is 6.19. The van der Waals surface area contributed by atoms with E-state index in [-0.39, 0.29) is 0 Å². The van der Waals surface area contributed by atoms with Gasteiger partial charge in [-0.2, -0.15) is 0 Å². The van der Waals surface area contributed by atoms with Crippen LogP contribution in [0.4, 0.5) is 0 Å². The van der Waals surface area contributed by atoms with Crippen molar-refractivity contribution in [2.24, 2.45) is 0 Å². The molecule has 0 aromatic carbocycles. The Bertz CT molecular complexity index is 286. The molecule has 3 nitrogen and oxygen atoms in total. The van der Waals surface area contributed by atoms with Crippen molar-refractivity contribution in [1.29, 1.82) is 0 Å². The Morgan fingerprint density at radius 2 is 2.06 bits per heavy atom. The minimum Gasteiger partial charge on any atom is -0.476 e. The lowest BCUT2D eigenvalue weighted by molar-refractivity contribution is 0.218. The summed E-state index contributed by atoms with van der Waals surface area (Å²) < 4.78 is 5.54. The van der Waals surface area contributed by atoms with Crippen LogP contribution in [-0.2, 0) is 5.88 Å². The molecule has 0 atom stereocenters. The first kappa shape index (κ1) is 13.3. The Morgan fingerprint density at radius 3 is 2.56 bits per heavy atom. The lowest BCUT2D eigenvalue weighted by Gasteiger charge is -2.17. The van der Waals surface area contributed by atoms with Gasteiger partial charge in [-0.05, 0) is 18.7 Å². The Hall–Kier alpha value is -0.800. The maximum absolute atomic E-state index is 5.68. The highest BCUT2D eigenvalue weighted by Gasteiger charge is 2.00. The molecular formula is C12H19ClN2O. The van der Waals surface area contributed by atoms with Gasteiger partial charge in [-0.1, -0.05) is 19.9 Å². The third kappa shape index (κ3) is 4.37. The summed E-state index contributed by atoms with van der Waals surface area (Å²) >= 11 is 5.68. The van der Waals surface area contributed by atoms with E-state index in [0.717, 1.165) is 25.2 Å². The van der Waals surface area contributed by atoms with Gasteiger partial charge in [0.2, 0.25) is 5.88 Å². The van der Waals surface area contributed by atoms with Crippen LogP contribution in [0.25, 0.3) is 0 Å². The molecule has 0 saturated heterocycles. The number of halogens is 1. The van der Waals surface area contributed by atoms with E-state index in [2.05, 4.69) is 23.7 Å². The molecule has 1 heterocycles. The normalized spacial score (nSPS) is 10.8. The molecule has 1 aromatic heterocycles. The standard InChI is InChI=1S/C12H19ClN2O/c1-3-15(4-2)7-8-16-12-6-5-11(9-13)10-14-12/h5-6,10H,3-4,7-9H2,1-2H3. The van der Waals surface area contributed by atoms with Crippen molar-refractivity contribution in [3.05, 3.63) is 23.9 Å². The second-order valence-electron chi connectivity index (χ2n) is 3.51. The number of aromatic nitrogens is 1. The van der Waals surface area contributed by atoms with E-state index in [4.69, 9.17) is 16.3 Å². The second-order valence-corrected chi connectivity index (χ2v) is 3.78. The summed E-state index contributed by atoms with van der Waals surface area (Å²) in [5, 5.41) is 0. The molecule has 0 bridgehead atoms. The summed E-state index contributed by atoms with van der Waals surface area (Å²) in [5.41, 5.74) is 1.01. The summed E-state index contributed by atoms with van der Waals surface area (Å²) in [6.07, 6.45) is 1.75. The zero-order chi connectivity index (χ0) is 11.8. The topological polar surface area (TPSA) is 25.4 Å². The number of pyridine rings is 1. The van der Waals surface area contributed by atoms with Crippen LogP contribution in [-0.4, -0.2) is 36.1 Å². The predicted octanol–water partition coefficient (Wildman–Crippen LogP) is 2.54. The lowest BCUT2D eigenvalue weighted by atomic mass is 10.3. The van der Waals surface area contributed by atoms with E-state index in [9.17, 15) is 0 Å². The van der Waals surface area contributed by atoms with Gasteiger partial charge in [0.15, 0.2) is 0 Å². The fourth-order valence-corrected chi connectivity index (χ4v) is 1.55. The van der Waals surface area contributed by atoms with Crippen LogP contribution < -0.4 is 4.74 Å². The molecule has 0 amide bonds. The van der Waals surface area contributed by atoms with Crippen LogP contribution in [0.15, 0.2) is 18.3 Å². The minimum absolute atomic E-state index is 0.493. The molecule has 0 N–H and O–H groups in total. The number of rotatable bonds is 7. The molecule has 0 fully saturated rings. The van der Waals surface area contributed by atoms with E-state index in [1.54, 1.807) is 6.20 Å². The van der Waals surface area contributed by atoms with Gasteiger partial charge in [-0.15, -0.1) is 11.6 Å². The minimum atomic E-state index is 0.493. The summed E-state index contributed by atoms with van der Waals surface area (Å²) in [7, 11) is 0. The highest BCUT2D eigenvalue weighted by Crippen LogP contribution is 2.09. The molecule has 0 aliphatic carbocycles. The average Bonchev–Trinajstić information content (AvgIpc) is 2.35. The van der Waals surface area contributed by atoms with Crippen LogP contribution in [0.2, 0.25) is 0 Å². The lowest BCUT2D eigenvalue weighted by Crippen LogP contribution is -2.28. The third-order valence-corrected chi connectivity index (χ3v) is 2.81. The van der Waals surface area contributed by atoms with Crippen LogP contribution >= 0.6 is 11.6 Å². The maximum Gasteiger partial charge on any atom is 0.213 e. The highest BCUT2D eigenvalue weighted by atomic mass is 35.5.